The number of methoxy groups -OCH3 is 1. The van der Waals surface area contributed by atoms with Crippen molar-refractivity contribution in [1.29, 1.82) is 0 Å². The normalized spacial score (nSPS) is 15.3. The number of carbonyl (C=O) groups is 2. The highest BCUT2D eigenvalue weighted by atomic mass is 19.4. The van der Waals surface area contributed by atoms with Gasteiger partial charge >= 0.3 is 12.1 Å². The Kier molecular flexibility index (Phi) is 6.64. The van der Waals surface area contributed by atoms with Gasteiger partial charge in [0.15, 0.2) is 0 Å². The molecule has 0 aliphatic heterocycles. The molecule has 1 aliphatic carbocycles. The van der Waals surface area contributed by atoms with Gasteiger partial charge in [-0.2, -0.15) is 18.3 Å². The number of amides is 1. The lowest BCUT2D eigenvalue weighted by Crippen LogP contribution is -2.29. The topological polar surface area (TPSA) is 73.2 Å². The quantitative estimate of drug-likeness (QED) is 0.311. The van der Waals surface area contributed by atoms with Crippen LogP contribution in [0, 0.1) is 5.82 Å². The number of benzene rings is 2. The second kappa shape index (κ2) is 9.40. The molecule has 1 aromatic heterocycles. The van der Waals surface area contributed by atoms with Crippen molar-refractivity contribution in [3.63, 3.8) is 0 Å². The first-order valence-corrected chi connectivity index (χ1v) is 11.5. The molecule has 0 bridgehead atoms. The lowest BCUT2D eigenvalue weighted by atomic mass is 9.93. The number of rotatable bonds is 7. The SMILES string of the molecule is CC[C@H](C)n1cc(-c2ccc(NC(=O)C3(c4ccc(C(F)(F)F)cc4F)CC3)cc2C(=O)OC)cn1. The number of nitrogens with zero attached hydrogens (tertiary/aromatic N) is 2. The fourth-order valence-corrected chi connectivity index (χ4v) is 4.13. The molecule has 2 aromatic carbocycles. The van der Waals surface area contributed by atoms with Crippen LogP contribution < -0.4 is 5.32 Å². The summed E-state index contributed by atoms with van der Waals surface area (Å²) in [6, 6.07) is 7.07. The van der Waals surface area contributed by atoms with Gasteiger partial charge in [0.1, 0.15) is 5.82 Å². The second-order valence-corrected chi connectivity index (χ2v) is 8.95. The standard InChI is InChI=1S/C26H25F4N3O3/c1-4-15(2)33-14-16(13-31-33)19-7-6-18(12-20(19)23(34)36-3)32-24(35)25(9-10-25)21-8-5-17(11-22(21)27)26(28,29)30/h5-8,11-15H,4,9-10H2,1-3H3,(H,32,35)/t15-/m0/s1. The summed E-state index contributed by atoms with van der Waals surface area (Å²) in [4.78, 5) is 25.6. The maximum atomic E-state index is 14.6. The Morgan fingerprint density at radius 1 is 1.19 bits per heavy atom. The number of esters is 1. The molecule has 10 heteroatoms. The molecule has 4 rings (SSSR count). The average molecular weight is 503 g/mol. The zero-order chi connectivity index (χ0) is 26.3. The number of anilines is 1. The number of nitrogens with one attached hydrogen (secondary N) is 1. The summed E-state index contributed by atoms with van der Waals surface area (Å²) in [7, 11) is 1.24. The monoisotopic (exact) mass is 503 g/mol. The van der Waals surface area contributed by atoms with Crippen LogP contribution in [0.1, 0.15) is 60.6 Å². The van der Waals surface area contributed by atoms with Crippen molar-refractivity contribution in [2.24, 2.45) is 0 Å². The zero-order valence-electron chi connectivity index (χ0n) is 19.9. The van der Waals surface area contributed by atoms with Crippen LogP contribution >= 0.6 is 0 Å². The van der Waals surface area contributed by atoms with Crippen LogP contribution in [0.4, 0.5) is 23.2 Å². The van der Waals surface area contributed by atoms with E-state index in [-0.39, 0.29) is 35.7 Å². The van der Waals surface area contributed by atoms with E-state index in [9.17, 15) is 27.2 Å². The minimum atomic E-state index is -4.69. The van der Waals surface area contributed by atoms with Crippen LogP contribution in [0.5, 0.6) is 0 Å². The minimum absolute atomic E-state index is 0.0877. The van der Waals surface area contributed by atoms with E-state index in [1.165, 1.54) is 13.2 Å². The highest BCUT2D eigenvalue weighted by Gasteiger charge is 2.53. The summed E-state index contributed by atoms with van der Waals surface area (Å²) in [6.07, 6.45) is 0.224. The van der Waals surface area contributed by atoms with Crippen LogP contribution in [0.25, 0.3) is 11.1 Å². The van der Waals surface area contributed by atoms with Gasteiger partial charge in [-0.3, -0.25) is 9.48 Å². The van der Waals surface area contributed by atoms with E-state index in [4.69, 9.17) is 4.74 Å². The Hall–Kier alpha value is -3.69. The predicted octanol–water partition coefficient (Wildman–Crippen LogP) is 6.14. The number of hydrogen-bond acceptors (Lipinski definition) is 4. The van der Waals surface area contributed by atoms with Gasteiger partial charge in [0.25, 0.3) is 0 Å². The van der Waals surface area contributed by atoms with Crippen LogP contribution in [-0.4, -0.2) is 28.8 Å². The molecular weight excluding hydrogens is 478 g/mol. The lowest BCUT2D eigenvalue weighted by Gasteiger charge is -2.18. The highest BCUT2D eigenvalue weighted by Crippen LogP contribution is 2.50. The average Bonchev–Trinajstić information content (AvgIpc) is 3.51. The van der Waals surface area contributed by atoms with Gasteiger partial charge in [0, 0.05) is 29.1 Å². The molecule has 0 saturated heterocycles. The summed E-state index contributed by atoms with van der Waals surface area (Å²) in [5.41, 5.74) is -0.745. The van der Waals surface area contributed by atoms with Crippen LogP contribution in [0.2, 0.25) is 0 Å². The number of aromatic nitrogens is 2. The third-order valence-corrected chi connectivity index (χ3v) is 6.63. The van der Waals surface area contributed by atoms with Crippen LogP contribution in [0.3, 0.4) is 0 Å². The molecule has 6 nitrogen and oxygen atoms in total. The molecule has 190 valence electrons. The Morgan fingerprint density at radius 3 is 2.50 bits per heavy atom. The molecule has 1 N–H and O–H groups in total. The largest absolute Gasteiger partial charge is 0.465 e. The van der Waals surface area contributed by atoms with E-state index < -0.39 is 34.8 Å². The van der Waals surface area contributed by atoms with E-state index >= 15 is 0 Å². The van der Waals surface area contributed by atoms with Gasteiger partial charge in [0.05, 0.1) is 29.8 Å². The first-order chi connectivity index (χ1) is 17.0. The maximum Gasteiger partial charge on any atom is 0.416 e. The summed E-state index contributed by atoms with van der Waals surface area (Å²) in [5, 5.41) is 7.04. The summed E-state index contributed by atoms with van der Waals surface area (Å²) in [5.74, 6) is -2.26. The van der Waals surface area contributed by atoms with E-state index in [2.05, 4.69) is 10.4 Å². The molecule has 1 saturated carbocycles. The number of alkyl halides is 3. The molecule has 1 aliphatic rings. The molecule has 36 heavy (non-hydrogen) atoms. The molecule has 1 fully saturated rings. The molecule has 0 spiro atoms. The molecule has 0 radical (unpaired) electrons. The smallest absolute Gasteiger partial charge is 0.416 e. The first kappa shape index (κ1) is 25.4. The Morgan fingerprint density at radius 2 is 1.92 bits per heavy atom. The minimum Gasteiger partial charge on any atom is -0.465 e. The Bertz CT molecular complexity index is 1310. The maximum absolute atomic E-state index is 14.6. The third-order valence-electron chi connectivity index (χ3n) is 6.63. The Balaban J connectivity index is 1.62. The van der Waals surface area contributed by atoms with Crippen molar-refractivity contribution >= 4 is 17.6 Å². The number of halogens is 4. The summed E-state index contributed by atoms with van der Waals surface area (Å²) >= 11 is 0. The predicted molar refractivity (Wildman–Crippen MR) is 125 cm³/mol. The lowest BCUT2D eigenvalue weighted by molar-refractivity contribution is -0.137. The van der Waals surface area contributed by atoms with Crippen LogP contribution in [0.15, 0.2) is 48.8 Å². The van der Waals surface area contributed by atoms with Crippen molar-refractivity contribution in [2.75, 3.05) is 12.4 Å². The van der Waals surface area contributed by atoms with Crippen molar-refractivity contribution in [3.05, 3.63) is 71.3 Å². The zero-order valence-corrected chi connectivity index (χ0v) is 19.9. The second-order valence-electron chi connectivity index (χ2n) is 8.95. The molecule has 3 aromatic rings. The fourth-order valence-electron chi connectivity index (χ4n) is 4.13. The molecule has 0 unspecified atom stereocenters. The molecule has 1 amide bonds. The highest BCUT2D eigenvalue weighted by molar-refractivity contribution is 6.04. The van der Waals surface area contributed by atoms with E-state index in [0.717, 1.165) is 18.6 Å². The number of carbonyl (C=O) groups excluding carboxylic acids is 2. The van der Waals surface area contributed by atoms with E-state index in [0.29, 0.717) is 17.2 Å². The van der Waals surface area contributed by atoms with Gasteiger partial charge in [-0.05, 0) is 56.0 Å². The third kappa shape index (κ3) is 4.72. The van der Waals surface area contributed by atoms with Crippen LogP contribution in [-0.2, 0) is 21.1 Å². The number of hydrogen-bond donors (Lipinski definition) is 1. The van der Waals surface area contributed by atoms with Gasteiger partial charge < -0.3 is 10.1 Å². The van der Waals surface area contributed by atoms with Crippen molar-refractivity contribution in [2.45, 2.75) is 50.7 Å². The first-order valence-electron chi connectivity index (χ1n) is 11.5. The summed E-state index contributed by atoms with van der Waals surface area (Å²) in [6.45, 7) is 4.05. The molecule has 1 atom stereocenters. The van der Waals surface area contributed by atoms with Gasteiger partial charge in [-0.1, -0.05) is 19.1 Å². The van der Waals surface area contributed by atoms with E-state index in [1.807, 2.05) is 20.0 Å². The van der Waals surface area contributed by atoms with Gasteiger partial charge in [0.2, 0.25) is 5.91 Å². The van der Waals surface area contributed by atoms with Crippen molar-refractivity contribution < 1.29 is 31.9 Å². The number of ether oxygens (including phenoxy) is 1. The van der Waals surface area contributed by atoms with Crippen molar-refractivity contribution in [1.82, 2.24) is 9.78 Å². The molecular formula is C26H25F4N3O3. The van der Waals surface area contributed by atoms with Gasteiger partial charge in [-0.25, -0.2) is 9.18 Å². The summed E-state index contributed by atoms with van der Waals surface area (Å²) < 4.78 is 60.1. The van der Waals surface area contributed by atoms with Gasteiger partial charge in [-0.15, -0.1) is 0 Å². The Labute approximate surface area is 205 Å². The fraction of sp³-hybridized carbons (Fsp3) is 0.346. The van der Waals surface area contributed by atoms with E-state index in [1.54, 1.807) is 23.0 Å². The molecule has 1 heterocycles. The van der Waals surface area contributed by atoms with Crippen molar-refractivity contribution in [3.8, 4) is 11.1 Å².